The quantitative estimate of drug-likeness (QED) is 0.694. The van der Waals surface area contributed by atoms with E-state index in [0.717, 1.165) is 29.9 Å². The second kappa shape index (κ2) is 7.67. The van der Waals surface area contributed by atoms with E-state index in [9.17, 15) is 9.59 Å². The van der Waals surface area contributed by atoms with E-state index >= 15 is 0 Å². The largest absolute Gasteiger partial charge is 0.478 e. The molecular formula is C22H24N4O3. The van der Waals surface area contributed by atoms with Crippen LogP contribution in [0.3, 0.4) is 0 Å². The van der Waals surface area contributed by atoms with Crippen LogP contribution in [0.25, 0.3) is 11.0 Å². The number of carbonyl (C=O) groups excluding carboxylic acids is 1. The lowest BCUT2D eigenvalue weighted by molar-refractivity contribution is 0.0696. The average molecular weight is 392 g/mol. The number of aromatic carboxylic acids is 1. The van der Waals surface area contributed by atoms with E-state index < -0.39 is 5.97 Å². The number of aromatic nitrogens is 2. The molecule has 0 bridgehead atoms. The smallest absolute Gasteiger partial charge is 0.335 e. The number of fused-ring (bicyclic) bond motifs is 1. The fourth-order valence-corrected chi connectivity index (χ4v) is 3.85. The van der Waals surface area contributed by atoms with Crippen LogP contribution in [-0.2, 0) is 13.6 Å². The zero-order chi connectivity index (χ0) is 20.5. The van der Waals surface area contributed by atoms with Gasteiger partial charge in [0.25, 0.3) is 5.91 Å². The monoisotopic (exact) mass is 392 g/mol. The van der Waals surface area contributed by atoms with Crippen molar-refractivity contribution in [2.45, 2.75) is 32.4 Å². The molecule has 1 atom stereocenters. The topological polar surface area (TPSA) is 87.5 Å². The average Bonchev–Trinajstić information content (AvgIpc) is 3.25. The van der Waals surface area contributed by atoms with E-state index in [2.05, 4.69) is 21.7 Å². The molecule has 0 radical (unpaired) electrons. The van der Waals surface area contributed by atoms with Gasteiger partial charge in [-0.1, -0.05) is 0 Å². The van der Waals surface area contributed by atoms with Crippen LogP contribution in [0.1, 0.15) is 46.3 Å². The summed E-state index contributed by atoms with van der Waals surface area (Å²) < 4.78 is 2.11. The summed E-state index contributed by atoms with van der Waals surface area (Å²) in [6, 6.07) is 12.1. The lowest BCUT2D eigenvalue weighted by Gasteiger charge is -2.20. The number of rotatable bonds is 5. The molecule has 1 amide bonds. The number of carboxylic acid groups (broad SMARTS) is 1. The van der Waals surface area contributed by atoms with Crippen LogP contribution < -0.4 is 5.32 Å². The number of hydrogen-bond donors (Lipinski definition) is 2. The summed E-state index contributed by atoms with van der Waals surface area (Å²) >= 11 is 0. The maximum Gasteiger partial charge on any atom is 0.335 e. The Kier molecular flexibility index (Phi) is 5.07. The molecule has 1 saturated heterocycles. The lowest BCUT2D eigenvalue weighted by Crippen LogP contribution is -2.27. The number of hydrogen-bond acceptors (Lipinski definition) is 4. The van der Waals surface area contributed by atoms with E-state index in [-0.39, 0.29) is 11.5 Å². The van der Waals surface area contributed by atoms with E-state index in [1.807, 2.05) is 25.2 Å². The van der Waals surface area contributed by atoms with Crippen LogP contribution >= 0.6 is 0 Å². The summed E-state index contributed by atoms with van der Waals surface area (Å²) in [5, 5.41) is 11.8. The van der Waals surface area contributed by atoms with Gasteiger partial charge in [-0.2, -0.15) is 0 Å². The van der Waals surface area contributed by atoms with E-state index in [1.165, 1.54) is 37.1 Å². The fraction of sp³-hybridized carbons (Fsp3) is 0.318. The Balaban J connectivity index is 1.52. The first-order valence-electron chi connectivity index (χ1n) is 9.76. The Labute approximate surface area is 169 Å². The highest BCUT2D eigenvalue weighted by atomic mass is 16.4. The minimum atomic E-state index is -1.02. The Morgan fingerprint density at radius 2 is 1.90 bits per heavy atom. The van der Waals surface area contributed by atoms with Crippen LogP contribution in [0.2, 0.25) is 0 Å². The fourth-order valence-electron chi connectivity index (χ4n) is 3.85. The molecule has 29 heavy (non-hydrogen) atoms. The Bertz CT molecular complexity index is 1070. The molecule has 1 aliphatic heterocycles. The molecule has 1 aromatic heterocycles. The Morgan fingerprint density at radius 1 is 1.17 bits per heavy atom. The van der Waals surface area contributed by atoms with Gasteiger partial charge in [0.15, 0.2) is 0 Å². The second-order valence-corrected chi connectivity index (χ2v) is 7.59. The van der Waals surface area contributed by atoms with Crippen molar-refractivity contribution in [3.63, 3.8) is 0 Å². The number of amides is 1. The van der Waals surface area contributed by atoms with Crippen molar-refractivity contribution in [2.75, 3.05) is 11.9 Å². The SMILES string of the molecule is C[C@H]1CCCN1Cc1nc2cc(NC(=O)c3ccc(C(=O)O)cc3)ccc2n1C. The number of benzene rings is 2. The highest BCUT2D eigenvalue weighted by Gasteiger charge is 2.22. The third-order valence-electron chi connectivity index (χ3n) is 5.66. The number of anilines is 1. The van der Waals surface area contributed by atoms with Crippen molar-refractivity contribution in [1.82, 2.24) is 14.5 Å². The molecule has 1 fully saturated rings. The van der Waals surface area contributed by atoms with Gasteiger partial charge >= 0.3 is 5.97 Å². The molecule has 0 saturated carbocycles. The van der Waals surface area contributed by atoms with Crippen molar-refractivity contribution >= 4 is 28.6 Å². The second-order valence-electron chi connectivity index (χ2n) is 7.59. The van der Waals surface area contributed by atoms with Crippen LogP contribution in [0.15, 0.2) is 42.5 Å². The maximum absolute atomic E-state index is 12.5. The van der Waals surface area contributed by atoms with Crippen LogP contribution in [-0.4, -0.2) is 44.0 Å². The number of carboxylic acids is 1. The maximum atomic E-state index is 12.5. The minimum absolute atomic E-state index is 0.149. The predicted octanol–water partition coefficient (Wildman–Crippen LogP) is 3.51. The number of carbonyl (C=O) groups is 2. The first-order chi connectivity index (χ1) is 13.9. The minimum Gasteiger partial charge on any atom is -0.478 e. The van der Waals surface area contributed by atoms with Crippen molar-refractivity contribution in [3.05, 3.63) is 59.4 Å². The van der Waals surface area contributed by atoms with Gasteiger partial charge in [0, 0.05) is 24.3 Å². The lowest BCUT2D eigenvalue weighted by atomic mass is 10.1. The molecule has 0 spiro atoms. The summed E-state index contributed by atoms with van der Waals surface area (Å²) in [6.45, 7) is 4.18. The normalized spacial score (nSPS) is 17.0. The molecule has 4 rings (SSSR count). The Morgan fingerprint density at radius 3 is 2.55 bits per heavy atom. The zero-order valence-corrected chi connectivity index (χ0v) is 16.6. The molecule has 2 aromatic carbocycles. The van der Waals surface area contributed by atoms with Crippen LogP contribution in [0, 0.1) is 0 Å². The molecule has 150 valence electrons. The van der Waals surface area contributed by atoms with Crippen molar-refractivity contribution < 1.29 is 14.7 Å². The molecule has 0 aliphatic carbocycles. The molecular weight excluding hydrogens is 368 g/mol. The molecule has 2 heterocycles. The third kappa shape index (κ3) is 3.86. The summed E-state index contributed by atoms with van der Waals surface area (Å²) in [6.07, 6.45) is 2.46. The summed E-state index contributed by atoms with van der Waals surface area (Å²) in [5.74, 6) is -0.290. The van der Waals surface area contributed by atoms with E-state index in [4.69, 9.17) is 10.1 Å². The standard InChI is InChI=1S/C22H24N4O3/c1-14-4-3-11-26(14)13-20-24-18-12-17(9-10-19(18)25(20)2)23-21(27)15-5-7-16(8-6-15)22(28)29/h5-10,12,14H,3-4,11,13H2,1-2H3,(H,23,27)(H,28,29)/t14-/m0/s1. The van der Waals surface area contributed by atoms with Gasteiger partial charge in [-0.3, -0.25) is 9.69 Å². The third-order valence-corrected chi connectivity index (χ3v) is 5.66. The number of imidazole rings is 1. The molecule has 7 nitrogen and oxygen atoms in total. The molecule has 7 heteroatoms. The molecule has 3 aromatic rings. The van der Waals surface area contributed by atoms with Gasteiger partial charge in [0.1, 0.15) is 5.82 Å². The number of likely N-dealkylation sites (tertiary alicyclic amines) is 1. The Hall–Kier alpha value is -3.19. The summed E-state index contributed by atoms with van der Waals surface area (Å²) in [4.78, 5) is 30.7. The van der Waals surface area contributed by atoms with Gasteiger partial charge in [-0.25, -0.2) is 9.78 Å². The number of nitrogens with one attached hydrogen (secondary N) is 1. The summed E-state index contributed by atoms with van der Waals surface area (Å²) in [5.41, 5.74) is 3.07. The predicted molar refractivity (Wildman–Crippen MR) is 111 cm³/mol. The summed E-state index contributed by atoms with van der Waals surface area (Å²) in [7, 11) is 2.02. The van der Waals surface area contributed by atoms with Gasteiger partial charge in [0.05, 0.1) is 23.1 Å². The van der Waals surface area contributed by atoms with Gasteiger partial charge in [-0.15, -0.1) is 0 Å². The van der Waals surface area contributed by atoms with Gasteiger partial charge in [-0.05, 0) is 68.8 Å². The van der Waals surface area contributed by atoms with Gasteiger partial charge < -0.3 is 15.0 Å². The highest BCUT2D eigenvalue weighted by Crippen LogP contribution is 2.24. The molecule has 2 N–H and O–H groups in total. The van der Waals surface area contributed by atoms with Crippen molar-refractivity contribution in [1.29, 1.82) is 0 Å². The first kappa shape index (κ1) is 19.1. The van der Waals surface area contributed by atoms with E-state index in [1.54, 1.807) is 0 Å². The van der Waals surface area contributed by atoms with Crippen LogP contribution in [0.5, 0.6) is 0 Å². The van der Waals surface area contributed by atoms with Crippen LogP contribution in [0.4, 0.5) is 5.69 Å². The van der Waals surface area contributed by atoms with Crippen molar-refractivity contribution in [3.8, 4) is 0 Å². The highest BCUT2D eigenvalue weighted by molar-refractivity contribution is 6.05. The number of nitrogens with zero attached hydrogens (tertiary/aromatic N) is 3. The number of aryl methyl sites for hydroxylation is 1. The van der Waals surface area contributed by atoms with Crippen molar-refractivity contribution in [2.24, 2.45) is 7.05 Å². The zero-order valence-electron chi connectivity index (χ0n) is 16.6. The van der Waals surface area contributed by atoms with E-state index in [0.29, 0.717) is 17.3 Å². The first-order valence-corrected chi connectivity index (χ1v) is 9.76. The molecule has 1 aliphatic rings. The van der Waals surface area contributed by atoms with Gasteiger partial charge in [0.2, 0.25) is 0 Å². The molecule has 0 unspecified atom stereocenters.